The number of ether oxygens (including phenoxy) is 1. The highest BCUT2D eigenvalue weighted by Crippen LogP contribution is 2.50. The molecule has 0 radical (unpaired) electrons. The average molecular weight is 339 g/mol. The van der Waals surface area contributed by atoms with Crippen LogP contribution in [0.4, 0.5) is 10.5 Å². The summed E-state index contributed by atoms with van der Waals surface area (Å²) in [6.07, 6.45) is 0.829. The fraction of sp³-hybridized carbons (Fsp3) is 0.263. The summed E-state index contributed by atoms with van der Waals surface area (Å²) in [6.45, 7) is 0.405. The number of hydrogen-bond acceptors (Lipinski definition) is 3. The molecule has 2 atom stereocenters. The lowest BCUT2D eigenvalue weighted by molar-refractivity contribution is -0.122. The van der Waals surface area contributed by atoms with Gasteiger partial charge in [0.15, 0.2) is 0 Å². The van der Waals surface area contributed by atoms with Gasteiger partial charge in [0.25, 0.3) is 0 Å². The zero-order chi connectivity index (χ0) is 17.8. The second-order valence-electron chi connectivity index (χ2n) is 6.10. The molecule has 2 aromatic carbocycles. The molecule has 130 valence electrons. The predicted octanol–water partition coefficient (Wildman–Crippen LogP) is 2.61. The number of carbonyl (C=O) groups is 2. The van der Waals surface area contributed by atoms with Crippen molar-refractivity contribution in [2.75, 3.05) is 12.4 Å². The minimum absolute atomic E-state index is 0.0248. The topological polar surface area (TPSA) is 93.4 Å². The Balaban J connectivity index is 1.57. The van der Waals surface area contributed by atoms with Gasteiger partial charge in [-0.2, -0.15) is 0 Å². The molecule has 3 rings (SSSR count). The normalized spacial score (nSPS) is 18.3. The Bertz CT molecular complexity index is 791. The van der Waals surface area contributed by atoms with Gasteiger partial charge >= 0.3 is 6.03 Å². The van der Waals surface area contributed by atoms with Crippen LogP contribution in [0.5, 0.6) is 5.75 Å². The Kier molecular flexibility index (Phi) is 4.88. The molecule has 3 amide bonds. The molecule has 1 aliphatic rings. The number of nitrogens with two attached hydrogens (primary N) is 1. The van der Waals surface area contributed by atoms with Gasteiger partial charge in [-0.15, -0.1) is 0 Å². The number of benzene rings is 2. The van der Waals surface area contributed by atoms with Crippen LogP contribution in [0.3, 0.4) is 0 Å². The molecule has 6 nitrogen and oxygen atoms in total. The molecular weight excluding hydrogens is 318 g/mol. The number of rotatable bonds is 6. The zero-order valence-electron chi connectivity index (χ0n) is 14.0. The number of primary amides is 1. The van der Waals surface area contributed by atoms with Gasteiger partial charge in [0.1, 0.15) is 5.75 Å². The molecule has 0 aliphatic heterocycles. The lowest BCUT2D eigenvalue weighted by Crippen LogP contribution is -2.25. The van der Waals surface area contributed by atoms with E-state index in [-0.39, 0.29) is 17.7 Å². The van der Waals surface area contributed by atoms with E-state index in [9.17, 15) is 9.59 Å². The summed E-state index contributed by atoms with van der Waals surface area (Å²) in [4.78, 5) is 23.3. The number of carbonyl (C=O) groups excluding carboxylic acids is 2. The maximum absolute atomic E-state index is 12.4. The summed E-state index contributed by atoms with van der Waals surface area (Å²) < 4.78 is 5.37. The number of hydrogen-bond donors (Lipinski definition) is 3. The van der Waals surface area contributed by atoms with Crippen LogP contribution in [0.2, 0.25) is 0 Å². The Morgan fingerprint density at radius 2 is 2.00 bits per heavy atom. The molecule has 1 aliphatic carbocycles. The van der Waals surface area contributed by atoms with Gasteiger partial charge in [-0.3, -0.25) is 4.79 Å². The number of anilines is 1. The van der Waals surface area contributed by atoms with Crippen molar-refractivity contribution >= 4 is 17.6 Å². The molecule has 4 N–H and O–H groups in total. The molecule has 0 aromatic heterocycles. The van der Waals surface area contributed by atoms with Crippen molar-refractivity contribution < 1.29 is 14.3 Å². The van der Waals surface area contributed by atoms with Crippen molar-refractivity contribution in [1.82, 2.24) is 5.32 Å². The SMILES string of the molecule is COc1ccccc1[C@H]1C[C@@H]1C(=O)NCc1cccc(NC(N)=O)c1. The second kappa shape index (κ2) is 7.25. The highest BCUT2D eigenvalue weighted by atomic mass is 16.5. The summed E-state index contributed by atoms with van der Waals surface area (Å²) in [5, 5.41) is 5.48. The zero-order valence-corrected chi connectivity index (χ0v) is 14.0. The van der Waals surface area contributed by atoms with Crippen molar-refractivity contribution in [3.05, 3.63) is 59.7 Å². The van der Waals surface area contributed by atoms with Gasteiger partial charge in [0.05, 0.1) is 7.11 Å². The Morgan fingerprint density at radius 1 is 1.20 bits per heavy atom. The summed E-state index contributed by atoms with van der Waals surface area (Å²) in [7, 11) is 1.64. The number of methoxy groups -OCH3 is 1. The number of urea groups is 1. The van der Waals surface area contributed by atoms with Gasteiger partial charge in [0, 0.05) is 18.2 Å². The molecule has 0 bridgehead atoms. The molecule has 0 spiro atoms. The first-order valence-corrected chi connectivity index (χ1v) is 8.14. The van der Waals surface area contributed by atoms with E-state index < -0.39 is 6.03 Å². The smallest absolute Gasteiger partial charge is 0.316 e. The largest absolute Gasteiger partial charge is 0.496 e. The molecule has 25 heavy (non-hydrogen) atoms. The van der Waals surface area contributed by atoms with Gasteiger partial charge in [-0.1, -0.05) is 30.3 Å². The van der Waals surface area contributed by atoms with Crippen LogP contribution in [-0.4, -0.2) is 19.0 Å². The van der Waals surface area contributed by atoms with Crippen LogP contribution in [0.25, 0.3) is 0 Å². The van der Waals surface area contributed by atoms with Crippen LogP contribution in [0.15, 0.2) is 48.5 Å². The first-order valence-electron chi connectivity index (χ1n) is 8.14. The Labute approximate surface area is 146 Å². The maximum atomic E-state index is 12.4. The molecule has 1 saturated carbocycles. The van der Waals surface area contributed by atoms with E-state index in [0.717, 1.165) is 23.3 Å². The summed E-state index contributed by atoms with van der Waals surface area (Å²) >= 11 is 0. The van der Waals surface area contributed by atoms with E-state index in [4.69, 9.17) is 10.5 Å². The third kappa shape index (κ3) is 4.09. The monoisotopic (exact) mass is 339 g/mol. The summed E-state index contributed by atoms with van der Waals surface area (Å²) in [5.41, 5.74) is 7.70. The van der Waals surface area contributed by atoms with Crippen molar-refractivity contribution in [3.63, 3.8) is 0 Å². The van der Waals surface area contributed by atoms with E-state index in [1.807, 2.05) is 36.4 Å². The molecule has 0 saturated heterocycles. The van der Waals surface area contributed by atoms with Crippen LogP contribution in [0.1, 0.15) is 23.5 Å². The van der Waals surface area contributed by atoms with E-state index in [1.54, 1.807) is 19.2 Å². The number of para-hydroxylation sites is 1. The van der Waals surface area contributed by atoms with Crippen molar-refractivity contribution in [3.8, 4) is 5.75 Å². The third-order valence-corrected chi connectivity index (χ3v) is 4.33. The highest BCUT2D eigenvalue weighted by molar-refractivity contribution is 5.88. The van der Waals surface area contributed by atoms with Crippen molar-refractivity contribution in [2.45, 2.75) is 18.9 Å². The molecule has 6 heteroatoms. The fourth-order valence-corrected chi connectivity index (χ4v) is 3.02. The van der Waals surface area contributed by atoms with E-state index in [0.29, 0.717) is 12.2 Å². The lowest BCUT2D eigenvalue weighted by atomic mass is 10.1. The third-order valence-electron chi connectivity index (χ3n) is 4.33. The summed E-state index contributed by atoms with van der Waals surface area (Å²) in [5.74, 6) is 1.04. The first-order chi connectivity index (χ1) is 12.1. The highest BCUT2D eigenvalue weighted by Gasteiger charge is 2.45. The number of amides is 3. The minimum atomic E-state index is -0.612. The minimum Gasteiger partial charge on any atom is -0.496 e. The van der Waals surface area contributed by atoms with Crippen molar-refractivity contribution in [2.24, 2.45) is 11.7 Å². The molecular formula is C19H21N3O3. The first kappa shape index (κ1) is 16.8. The van der Waals surface area contributed by atoms with Crippen molar-refractivity contribution in [1.29, 1.82) is 0 Å². The van der Waals surface area contributed by atoms with Crippen LogP contribution in [0, 0.1) is 5.92 Å². The molecule has 0 heterocycles. The van der Waals surface area contributed by atoms with E-state index in [2.05, 4.69) is 10.6 Å². The number of nitrogens with one attached hydrogen (secondary N) is 2. The molecule has 0 unspecified atom stereocenters. The lowest BCUT2D eigenvalue weighted by Gasteiger charge is -2.09. The van der Waals surface area contributed by atoms with Crippen LogP contribution in [-0.2, 0) is 11.3 Å². The summed E-state index contributed by atoms with van der Waals surface area (Å²) in [6, 6.07) is 14.4. The average Bonchev–Trinajstić information content (AvgIpc) is 3.40. The predicted molar refractivity (Wildman–Crippen MR) is 95.3 cm³/mol. The fourth-order valence-electron chi connectivity index (χ4n) is 3.02. The molecule has 1 fully saturated rings. The van der Waals surface area contributed by atoms with Gasteiger partial charge in [-0.25, -0.2) is 4.79 Å². The van der Waals surface area contributed by atoms with E-state index >= 15 is 0 Å². The van der Waals surface area contributed by atoms with Gasteiger partial charge < -0.3 is 21.1 Å². The van der Waals surface area contributed by atoms with Gasteiger partial charge in [0.2, 0.25) is 5.91 Å². The van der Waals surface area contributed by atoms with Crippen LogP contribution >= 0.6 is 0 Å². The van der Waals surface area contributed by atoms with E-state index in [1.165, 1.54) is 0 Å². The quantitative estimate of drug-likeness (QED) is 0.755. The Hall–Kier alpha value is -3.02. The van der Waals surface area contributed by atoms with Gasteiger partial charge in [-0.05, 0) is 41.7 Å². The maximum Gasteiger partial charge on any atom is 0.316 e. The standard InChI is InChI=1S/C19H21N3O3/c1-25-17-8-3-2-7-14(17)15-10-16(15)18(23)21-11-12-5-4-6-13(9-12)22-19(20)24/h2-9,15-16H,10-11H2,1H3,(H,21,23)(H3,20,22,24)/t15-,16+/m1/s1. The molecule has 2 aromatic rings. The second-order valence-corrected chi connectivity index (χ2v) is 6.10. The Morgan fingerprint density at radius 3 is 2.76 bits per heavy atom. The van der Waals surface area contributed by atoms with Crippen LogP contribution < -0.4 is 21.1 Å².